The van der Waals surface area contributed by atoms with Crippen molar-refractivity contribution in [1.29, 1.82) is 0 Å². The van der Waals surface area contributed by atoms with Crippen molar-refractivity contribution in [3.05, 3.63) is 34.9 Å². The molecular weight excluding hydrogens is 280 g/mol. The number of hydrogen-bond acceptors (Lipinski definition) is 3. The van der Waals surface area contributed by atoms with Crippen LogP contribution in [-0.2, 0) is 6.42 Å². The molecule has 1 saturated heterocycles. The van der Waals surface area contributed by atoms with Crippen molar-refractivity contribution in [2.75, 3.05) is 19.6 Å². The summed E-state index contributed by atoms with van der Waals surface area (Å²) in [6.45, 7) is 1.14. The Kier molecular flexibility index (Phi) is 5.23. The zero-order valence-corrected chi connectivity index (χ0v) is 11.9. The Morgan fingerprint density at radius 1 is 1.40 bits per heavy atom. The van der Waals surface area contributed by atoms with Gasteiger partial charge in [0.05, 0.1) is 18.8 Å². The number of nitrogens with one attached hydrogen (secondary N) is 1. The zero-order chi connectivity index (χ0) is 14.5. The molecule has 0 bridgehead atoms. The number of halogens is 1. The molecule has 20 heavy (non-hydrogen) atoms. The molecule has 0 aliphatic carbocycles. The SMILES string of the molecule is O=C(NCCc1cccc(Cl)c1)N1CC[C@@H](O)[C@@H](O)C1. The van der Waals surface area contributed by atoms with Crippen LogP contribution in [0.25, 0.3) is 0 Å². The van der Waals surface area contributed by atoms with Crippen molar-refractivity contribution in [2.24, 2.45) is 0 Å². The molecule has 2 rings (SSSR count). The summed E-state index contributed by atoms with van der Waals surface area (Å²) in [6, 6.07) is 7.30. The minimum atomic E-state index is -0.859. The molecule has 0 unspecified atom stereocenters. The number of amides is 2. The first kappa shape index (κ1) is 15.1. The number of rotatable bonds is 3. The Morgan fingerprint density at radius 3 is 2.90 bits per heavy atom. The van der Waals surface area contributed by atoms with E-state index in [9.17, 15) is 15.0 Å². The normalized spacial score (nSPS) is 22.6. The molecule has 110 valence electrons. The number of likely N-dealkylation sites (tertiary alicyclic amines) is 1. The van der Waals surface area contributed by atoms with Crippen LogP contribution in [0.15, 0.2) is 24.3 Å². The summed E-state index contributed by atoms with van der Waals surface area (Å²) in [4.78, 5) is 13.4. The molecule has 0 radical (unpaired) electrons. The van der Waals surface area contributed by atoms with Gasteiger partial charge in [-0.1, -0.05) is 23.7 Å². The van der Waals surface area contributed by atoms with E-state index in [1.807, 2.05) is 24.3 Å². The molecule has 1 aromatic carbocycles. The van der Waals surface area contributed by atoms with Crippen LogP contribution in [0, 0.1) is 0 Å². The first-order valence-electron chi connectivity index (χ1n) is 6.69. The lowest BCUT2D eigenvalue weighted by atomic mass is 10.1. The number of carbonyl (C=O) groups excluding carboxylic acids is 1. The van der Waals surface area contributed by atoms with Gasteiger partial charge in [0.2, 0.25) is 0 Å². The van der Waals surface area contributed by atoms with Crippen LogP contribution in [-0.4, -0.2) is 53.0 Å². The van der Waals surface area contributed by atoms with Crippen LogP contribution in [0.5, 0.6) is 0 Å². The van der Waals surface area contributed by atoms with Gasteiger partial charge < -0.3 is 20.4 Å². The second kappa shape index (κ2) is 6.92. The number of aliphatic hydroxyl groups excluding tert-OH is 2. The number of piperidine rings is 1. The Hall–Kier alpha value is -1.30. The number of hydrogen-bond donors (Lipinski definition) is 3. The highest BCUT2D eigenvalue weighted by Crippen LogP contribution is 2.12. The predicted molar refractivity (Wildman–Crippen MR) is 76.8 cm³/mol. The summed E-state index contributed by atoms with van der Waals surface area (Å²) in [5, 5.41) is 22.4. The van der Waals surface area contributed by atoms with Gasteiger partial charge in [0.25, 0.3) is 0 Å². The van der Waals surface area contributed by atoms with Crippen molar-refractivity contribution in [3.8, 4) is 0 Å². The molecule has 2 atom stereocenters. The third-order valence-electron chi connectivity index (χ3n) is 3.41. The van der Waals surface area contributed by atoms with Gasteiger partial charge in [-0.15, -0.1) is 0 Å². The number of β-amino-alcohol motifs (C(OH)–C–C–N with tert-alkyl or cyclic N) is 1. The lowest BCUT2D eigenvalue weighted by Gasteiger charge is -2.33. The number of benzene rings is 1. The lowest BCUT2D eigenvalue weighted by Crippen LogP contribution is -2.52. The van der Waals surface area contributed by atoms with Crippen LogP contribution < -0.4 is 5.32 Å². The van der Waals surface area contributed by atoms with Crippen molar-refractivity contribution in [1.82, 2.24) is 10.2 Å². The second-order valence-electron chi connectivity index (χ2n) is 4.98. The number of aliphatic hydroxyl groups is 2. The van der Waals surface area contributed by atoms with Gasteiger partial charge in [0, 0.05) is 18.1 Å². The fourth-order valence-electron chi connectivity index (χ4n) is 2.22. The summed E-state index contributed by atoms with van der Waals surface area (Å²) < 4.78 is 0. The molecule has 5 nitrogen and oxygen atoms in total. The second-order valence-corrected chi connectivity index (χ2v) is 5.42. The third kappa shape index (κ3) is 4.10. The van der Waals surface area contributed by atoms with Crippen molar-refractivity contribution < 1.29 is 15.0 Å². The summed E-state index contributed by atoms with van der Waals surface area (Å²) in [6.07, 6.45) is -0.485. The minimum Gasteiger partial charge on any atom is -0.390 e. The molecule has 0 aromatic heterocycles. The van der Waals surface area contributed by atoms with Crippen LogP contribution in [0.1, 0.15) is 12.0 Å². The Balaban J connectivity index is 1.75. The molecule has 0 spiro atoms. The summed E-state index contributed by atoms with van der Waals surface area (Å²) in [5.74, 6) is 0. The van der Waals surface area contributed by atoms with E-state index < -0.39 is 12.2 Å². The van der Waals surface area contributed by atoms with Gasteiger partial charge in [-0.2, -0.15) is 0 Å². The van der Waals surface area contributed by atoms with E-state index in [4.69, 9.17) is 11.6 Å². The molecule has 1 heterocycles. The van der Waals surface area contributed by atoms with Crippen LogP contribution >= 0.6 is 11.6 Å². The van der Waals surface area contributed by atoms with Gasteiger partial charge in [-0.3, -0.25) is 0 Å². The lowest BCUT2D eigenvalue weighted by molar-refractivity contribution is -0.0276. The summed E-state index contributed by atoms with van der Waals surface area (Å²) in [7, 11) is 0. The average Bonchev–Trinajstić information content (AvgIpc) is 2.42. The van der Waals surface area contributed by atoms with Gasteiger partial charge in [0.1, 0.15) is 0 Å². The molecule has 6 heteroatoms. The number of carbonyl (C=O) groups is 1. The average molecular weight is 299 g/mol. The van der Waals surface area contributed by atoms with Crippen LogP contribution in [0.2, 0.25) is 5.02 Å². The fraction of sp³-hybridized carbons (Fsp3) is 0.500. The summed E-state index contributed by atoms with van der Waals surface area (Å²) >= 11 is 5.89. The van der Waals surface area contributed by atoms with Crippen molar-refractivity contribution in [2.45, 2.75) is 25.0 Å². The van der Waals surface area contributed by atoms with E-state index >= 15 is 0 Å². The van der Waals surface area contributed by atoms with E-state index in [1.54, 1.807) is 0 Å². The minimum absolute atomic E-state index is 0.171. The highest BCUT2D eigenvalue weighted by molar-refractivity contribution is 6.30. The molecule has 3 N–H and O–H groups in total. The van der Waals surface area contributed by atoms with E-state index in [0.29, 0.717) is 31.0 Å². The van der Waals surface area contributed by atoms with E-state index in [1.165, 1.54) is 4.90 Å². The van der Waals surface area contributed by atoms with Crippen LogP contribution in [0.4, 0.5) is 4.79 Å². The number of urea groups is 1. The summed E-state index contributed by atoms with van der Waals surface area (Å²) in [5.41, 5.74) is 1.06. The first-order valence-corrected chi connectivity index (χ1v) is 7.07. The van der Waals surface area contributed by atoms with Gasteiger partial charge in [-0.25, -0.2) is 4.79 Å². The standard InChI is InChI=1S/C14H19ClN2O3/c15-11-3-1-2-10(8-11)4-6-16-14(20)17-7-5-12(18)13(19)9-17/h1-3,8,12-13,18-19H,4-7,9H2,(H,16,20)/t12-,13+/m1/s1. The zero-order valence-electron chi connectivity index (χ0n) is 11.1. The molecular formula is C14H19ClN2O3. The Bertz CT molecular complexity index is 469. The number of nitrogens with zero attached hydrogens (tertiary/aromatic N) is 1. The molecule has 1 aliphatic heterocycles. The quantitative estimate of drug-likeness (QED) is 0.780. The third-order valence-corrected chi connectivity index (χ3v) is 3.65. The van der Waals surface area contributed by atoms with Gasteiger partial charge in [-0.05, 0) is 30.5 Å². The maximum atomic E-state index is 11.9. The highest BCUT2D eigenvalue weighted by Gasteiger charge is 2.28. The monoisotopic (exact) mass is 298 g/mol. The van der Waals surface area contributed by atoms with Gasteiger partial charge >= 0.3 is 6.03 Å². The molecule has 1 fully saturated rings. The molecule has 2 amide bonds. The first-order chi connectivity index (χ1) is 9.56. The Labute approximate surface area is 123 Å². The highest BCUT2D eigenvalue weighted by atomic mass is 35.5. The maximum absolute atomic E-state index is 11.9. The predicted octanol–water partition coefficient (Wildman–Crippen LogP) is 1.02. The molecule has 1 aromatic rings. The molecule has 1 aliphatic rings. The van der Waals surface area contributed by atoms with Crippen LogP contribution in [0.3, 0.4) is 0 Å². The smallest absolute Gasteiger partial charge is 0.317 e. The van der Waals surface area contributed by atoms with E-state index in [2.05, 4.69) is 5.32 Å². The van der Waals surface area contributed by atoms with Crippen molar-refractivity contribution >= 4 is 17.6 Å². The maximum Gasteiger partial charge on any atom is 0.317 e. The fourth-order valence-corrected chi connectivity index (χ4v) is 2.43. The van der Waals surface area contributed by atoms with Crippen molar-refractivity contribution in [3.63, 3.8) is 0 Å². The Morgan fingerprint density at radius 2 is 2.20 bits per heavy atom. The molecule has 0 saturated carbocycles. The largest absolute Gasteiger partial charge is 0.390 e. The van der Waals surface area contributed by atoms with Gasteiger partial charge in [0.15, 0.2) is 0 Å². The van der Waals surface area contributed by atoms with E-state index in [0.717, 1.165) is 5.56 Å². The van der Waals surface area contributed by atoms with E-state index in [-0.39, 0.29) is 12.6 Å². The topological polar surface area (TPSA) is 72.8 Å².